The average Bonchev–Trinajstić information content (AvgIpc) is 3.17. The molecule has 0 radical (unpaired) electrons. The molecule has 24 heavy (non-hydrogen) atoms. The Bertz CT molecular complexity index is 810. The van der Waals surface area contributed by atoms with E-state index in [9.17, 15) is 23.1 Å². The number of furan rings is 1. The van der Waals surface area contributed by atoms with Gasteiger partial charge in [-0.2, -0.15) is 4.31 Å². The second kappa shape index (κ2) is 5.59. The summed E-state index contributed by atoms with van der Waals surface area (Å²) < 4.78 is 37.7. The van der Waals surface area contributed by atoms with Crippen LogP contribution in [0.5, 0.6) is 0 Å². The molecule has 1 aromatic heterocycles. The van der Waals surface area contributed by atoms with Gasteiger partial charge >= 0.3 is 11.9 Å². The van der Waals surface area contributed by atoms with Crippen LogP contribution in [0, 0.1) is 19.8 Å². The molecule has 0 aliphatic carbocycles. The number of aryl methyl sites for hydroxylation is 2. The van der Waals surface area contributed by atoms with Crippen molar-refractivity contribution in [2.24, 2.45) is 5.92 Å². The fourth-order valence-electron chi connectivity index (χ4n) is 4.00. The molecule has 8 nitrogen and oxygen atoms in total. The maximum absolute atomic E-state index is 13.2. The van der Waals surface area contributed by atoms with Gasteiger partial charge in [-0.3, -0.25) is 4.79 Å². The van der Waals surface area contributed by atoms with Gasteiger partial charge in [-0.25, -0.2) is 13.2 Å². The van der Waals surface area contributed by atoms with Gasteiger partial charge in [-0.15, -0.1) is 0 Å². The van der Waals surface area contributed by atoms with Crippen LogP contribution in [0.25, 0.3) is 0 Å². The molecule has 0 aromatic carbocycles. The van der Waals surface area contributed by atoms with Crippen molar-refractivity contribution < 1.29 is 32.3 Å². The zero-order valence-corrected chi connectivity index (χ0v) is 14.4. The number of carbonyl (C=O) groups is 2. The predicted octanol–water partition coefficient (Wildman–Crippen LogP) is 1.31. The van der Waals surface area contributed by atoms with Crippen LogP contribution < -0.4 is 0 Å². The highest BCUT2D eigenvalue weighted by molar-refractivity contribution is 7.89. The fraction of sp³-hybridized carbons (Fsp3) is 0.600. The van der Waals surface area contributed by atoms with Crippen molar-refractivity contribution in [2.45, 2.75) is 50.1 Å². The smallest absolute Gasteiger partial charge is 0.342 e. The fourth-order valence-corrected chi connectivity index (χ4v) is 6.29. The normalized spacial score (nSPS) is 26.7. The largest absolute Gasteiger partial charge is 0.481 e. The Morgan fingerprint density at radius 3 is 2.46 bits per heavy atom. The van der Waals surface area contributed by atoms with Crippen molar-refractivity contribution in [3.8, 4) is 0 Å². The lowest BCUT2D eigenvalue weighted by Crippen LogP contribution is -2.38. The summed E-state index contributed by atoms with van der Waals surface area (Å²) in [7, 11) is -2.89. The monoisotopic (exact) mass is 357 g/mol. The third-order valence-electron chi connectivity index (χ3n) is 4.92. The molecule has 0 amide bonds. The molecule has 2 bridgehead atoms. The highest BCUT2D eigenvalue weighted by Gasteiger charge is 2.55. The molecule has 2 fully saturated rings. The summed E-state index contributed by atoms with van der Waals surface area (Å²) in [6.07, 6.45) is 1.42. The van der Waals surface area contributed by atoms with Gasteiger partial charge in [0, 0.05) is 12.1 Å². The Morgan fingerprint density at radius 1 is 1.25 bits per heavy atom. The number of carbonyl (C=O) groups excluding carboxylic acids is 1. The zero-order valence-electron chi connectivity index (χ0n) is 13.6. The number of fused-ring (bicyclic) bond motifs is 2. The number of aliphatic carboxylic acids is 1. The minimum absolute atomic E-state index is 0.103. The first-order valence-corrected chi connectivity index (χ1v) is 9.08. The first kappa shape index (κ1) is 17.0. The van der Waals surface area contributed by atoms with Crippen molar-refractivity contribution in [1.29, 1.82) is 0 Å². The molecular weight excluding hydrogens is 338 g/mol. The summed E-state index contributed by atoms with van der Waals surface area (Å²) in [6, 6.07) is -0.946. The highest BCUT2D eigenvalue weighted by atomic mass is 32.2. The Morgan fingerprint density at radius 2 is 1.92 bits per heavy atom. The molecule has 3 atom stereocenters. The van der Waals surface area contributed by atoms with E-state index in [-0.39, 0.29) is 28.0 Å². The van der Waals surface area contributed by atoms with Crippen LogP contribution in [0.3, 0.4) is 0 Å². The minimum Gasteiger partial charge on any atom is -0.481 e. The van der Waals surface area contributed by atoms with Gasteiger partial charge in [0.1, 0.15) is 22.0 Å². The number of methoxy groups -OCH3 is 1. The Balaban J connectivity index is 2.11. The van der Waals surface area contributed by atoms with Crippen LogP contribution in [0.15, 0.2) is 9.31 Å². The standard InChI is InChI=1S/C15H19NO7S/c1-7-12(15(19)22-3)13(8(2)23-7)24(20,21)16-9-4-5-11(16)10(6-9)14(17)18/h9-11H,4-6H2,1-3H3,(H,17,18). The van der Waals surface area contributed by atoms with E-state index in [1.54, 1.807) is 0 Å². The van der Waals surface area contributed by atoms with Crippen LogP contribution in [-0.4, -0.2) is 49.0 Å². The van der Waals surface area contributed by atoms with Crippen molar-refractivity contribution >= 4 is 22.0 Å². The lowest BCUT2D eigenvalue weighted by Gasteiger charge is -2.22. The van der Waals surface area contributed by atoms with Crippen LogP contribution in [0.4, 0.5) is 0 Å². The second-order valence-electron chi connectivity index (χ2n) is 6.22. The summed E-state index contributed by atoms with van der Waals surface area (Å²) in [5.41, 5.74) is -0.117. The molecule has 2 aliphatic rings. The molecular formula is C15H19NO7S. The molecule has 3 heterocycles. The van der Waals surface area contributed by atoms with Gasteiger partial charge in [0.15, 0.2) is 0 Å². The maximum atomic E-state index is 13.2. The molecule has 0 saturated carbocycles. The van der Waals surface area contributed by atoms with Crippen molar-refractivity contribution in [1.82, 2.24) is 4.31 Å². The predicted molar refractivity (Wildman–Crippen MR) is 81.1 cm³/mol. The summed E-state index contributed by atoms with van der Waals surface area (Å²) in [5.74, 6) is -2.22. The van der Waals surface area contributed by atoms with E-state index in [1.807, 2.05) is 0 Å². The topological polar surface area (TPSA) is 114 Å². The van der Waals surface area contributed by atoms with Gasteiger partial charge in [0.25, 0.3) is 0 Å². The number of esters is 1. The van der Waals surface area contributed by atoms with Crippen molar-refractivity contribution in [2.75, 3.05) is 7.11 Å². The lowest BCUT2D eigenvalue weighted by molar-refractivity contribution is -0.142. The van der Waals surface area contributed by atoms with E-state index in [1.165, 1.54) is 25.3 Å². The van der Waals surface area contributed by atoms with E-state index < -0.39 is 33.9 Å². The van der Waals surface area contributed by atoms with Crippen molar-refractivity contribution in [3.63, 3.8) is 0 Å². The molecule has 3 unspecified atom stereocenters. The number of hydrogen-bond acceptors (Lipinski definition) is 6. The molecule has 2 aliphatic heterocycles. The number of ether oxygens (including phenoxy) is 1. The summed E-state index contributed by atoms with van der Waals surface area (Å²) in [6.45, 7) is 2.97. The molecule has 1 N–H and O–H groups in total. The van der Waals surface area contributed by atoms with E-state index in [0.29, 0.717) is 19.3 Å². The lowest BCUT2D eigenvalue weighted by atomic mass is 9.89. The molecule has 2 saturated heterocycles. The first-order valence-electron chi connectivity index (χ1n) is 7.64. The minimum atomic E-state index is -4.06. The van der Waals surface area contributed by atoms with E-state index in [0.717, 1.165) is 0 Å². The van der Waals surface area contributed by atoms with Crippen LogP contribution in [0.1, 0.15) is 41.1 Å². The highest BCUT2D eigenvalue weighted by Crippen LogP contribution is 2.46. The van der Waals surface area contributed by atoms with E-state index in [2.05, 4.69) is 4.74 Å². The quantitative estimate of drug-likeness (QED) is 0.808. The van der Waals surface area contributed by atoms with Gasteiger partial charge in [0.05, 0.1) is 13.0 Å². The van der Waals surface area contributed by atoms with Crippen molar-refractivity contribution in [3.05, 3.63) is 17.1 Å². The first-order chi connectivity index (χ1) is 11.2. The van der Waals surface area contributed by atoms with Gasteiger partial charge in [-0.1, -0.05) is 0 Å². The molecule has 0 spiro atoms. The average molecular weight is 357 g/mol. The summed E-state index contributed by atoms with van der Waals surface area (Å²) in [5, 5.41) is 9.31. The SMILES string of the molecule is COC(=O)c1c(C)oc(C)c1S(=O)(=O)N1C2CCC1C(C(=O)O)C2. The number of nitrogens with zero attached hydrogens (tertiary/aromatic N) is 1. The van der Waals surface area contributed by atoms with Gasteiger partial charge in [-0.05, 0) is 33.1 Å². The zero-order chi connectivity index (χ0) is 17.8. The van der Waals surface area contributed by atoms with Crippen LogP contribution in [0.2, 0.25) is 0 Å². The number of sulfonamides is 1. The van der Waals surface area contributed by atoms with Crippen LogP contribution >= 0.6 is 0 Å². The number of carboxylic acid groups (broad SMARTS) is 1. The van der Waals surface area contributed by atoms with Crippen LogP contribution in [-0.2, 0) is 19.6 Å². The maximum Gasteiger partial charge on any atom is 0.342 e. The number of rotatable bonds is 4. The van der Waals surface area contributed by atoms with Gasteiger partial charge < -0.3 is 14.3 Å². The molecule has 1 aromatic rings. The third-order valence-corrected chi connectivity index (χ3v) is 7.05. The molecule has 3 rings (SSSR count). The molecule has 132 valence electrons. The summed E-state index contributed by atoms with van der Waals surface area (Å²) in [4.78, 5) is 23.2. The van der Waals surface area contributed by atoms with E-state index >= 15 is 0 Å². The number of carboxylic acids is 1. The Kier molecular flexibility index (Phi) is 3.95. The Hall–Kier alpha value is -1.87. The van der Waals surface area contributed by atoms with E-state index in [4.69, 9.17) is 4.42 Å². The second-order valence-corrected chi connectivity index (χ2v) is 8.00. The third kappa shape index (κ3) is 2.26. The molecule has 9 heteroatoms. The summed E-state index contributed by atoms with van der Waals surface area (Å²) >= 11 is 0. The Labute approximate surface area is 139 Å². The number of hydrogen-bond donors (Lipinski definition) is 1. The van der Waals surface area contributed by atoms with Gasteiger partial charge in [0.2, 0.25) is 10.0 Å².